The summed E-state index contributed by atoms with van der Waals surface area (Å²) in [4.78, 5) is 106. The smallest absolute Gasteiger partial charge is 0.272 e. The van der Waals surface area contributed by atoms with E-state index in [-0.39, 0.29) is 65.6 Å². The number of hydrogen-bond acceptors (Lipinski definition) is 10. The maximum Gasteiger partial charge on any atom is 0.272 e. The number of carbonyl (C=O) groups is 8. The average molecular weight is 1010 g/mol. The first-order chi connectivity index (χ1) is 34.7. The molecule has 6 rings (SSSR count). The zero-order valence-electron chi connectivity index (χ0n) is 42.3. The molecule has 6 aromatic rings. The standard InChI is InChI=1S/C49H64N16O8/c1-59(2)17-11-16-52-45(69)37-21-33(27-61(37)4)56-49(73)41-23-35(29-65(41)8)58-47(71)39-19-31(25-63(39)6)54-43(67)13-10-15-51-44(68)36-20-32(26-60(36)3)55-48(72)40-22-34(28-64(40)7)57-46(70)38-18-30(24-62(38)5)53-42(66)12-9-14-50/h18-29H,9-17,50H2,1-8H3,(H,51,68)(H,52,69)(H,53,66)(H,54,67)(H,55,72)(H,56,73)(H,57,70)(H,58,71). The number of nitrogens with zero attached hydrogens (tertiary/aromatic N) is 7. The summed E-state index contributed by atoms with van der Waals surface area (Å²) in [5.41, 5.74) is 9.53. The summed E-state index contributed by atoms with van der Waals surface area (Å²) in [6.07, 6.45) is 11.6. The minimum Gasteiger partial charge on any atom is -0.351 e. The molecule has 0 saturated carbocycles. The molecule has 8 amide bonds. The molecule has 10 N–H and O–H groups in total. The SMILES string of the molecule is CN(C)CCCNC(=O)c1cc(NC(=O)c2cc(NC(=O)c3cc(NC(=O)CCCNC(=O)c4cc(NC(=O)c5cc(NC(=O)c6cc(NC(=O)CCCN)cn6C)cn5C)cn4C)cn3C)cn2C)cn1C. The Labute approximate surface area is 421 Å². The van der Waals surface area contributed by atoms with Crippen LogP contribution in [0, 0.1) is 0 Å². The van der Waals surface area contributed by atoms with Crippen LogP contribution in [0.3, 0.4) is 0 Å². The van der Waals surface area contributed by atoms with E-state index in [2.05, 4.69) is 42.5 Å². The van der Waals surface area contributed by atoms with Gasteiger partial charge in [-0.1, -0.05) is 0 Å². The number of aromatic nitrogens is 6. The van der Waals surface area contributed by atoms with Crippen molar-refractivity contribution in [1.82, 2.24) is 42.9 Å². The van der Waals surface area contributed by atoms with E-state index >= 15 is 0 Å². The lowest BCUT2D eigenvalue weighted by Crippen LogP contribution is -2.28. The Bertz CT molecular complexity index is 3030. The van der Waals surface area contributed by atoms with Crippen molar-refractivity contribution in [1.29, 1.82) is 0 Å². The summed E-state index contributed by atoms with van der Waals surface area (Å²) in [6.45, 7) is 1.92. The van der Waals surface area contributed by atoms with Gasteiger partial charge in [0.15, 0.2) is 0 Å². The lowest BCUT2D eigenvalue weighted by atomic mass is 10.2. The van der Waals surface area contributed by atoms with Crippen molar-refractivity contribution in [3.63, 3.8) is 0 Å². The van der Waals surface area contributed by atoms with Gasteiger partial charge in [0, 0.05) is 105 Å². The fourth-order valence-corrected chi connectivity index (χ4v) is 7.87. The van der Waals surface area contributed by atoms with Crippen molar-refractivity contribution in [3.05, 3.63) is 108 Å². The fourth-order valence-electron chi connectivity index (χ4n) is 7.87. The van der Waals surface area contributed by atoms with Gasteiger partial charge in [-0.25, -0.2) is 0 Å². The van der Waals surface area contributed by atoms with Crippen molar-refractivity contribution in [2.75, 3.05) is 72.2 Å². The molecule has 0 spiro atoms. The molecule has 0 aliphatic carbocycles. The van der Waals surface area contributed by atoms with Crippen LogP contribution < -0.4 is 48.3 Å². The van der Waals surface area contributed by atoms with E-state index in [0.717, 1.165) is 13.0 Å². The van der Waals surface area contributed by atoms with Crippen LogP contribution in [0.4, 0.5) is 34.1 Å². The van der Waals surface area contributed by atoms with Gasteiger partial charge in [-0.2, -0.15) is 0 Å². The van der Waals surface area contributed by atoms with E-state index in [1.807, 2.05) is 19.0 Å². The van der Waals surface area contributed by atoms with Crippen LogP contribution in [-0.2, 0) is 51.9 Å². The number of aryl methyl sites for hydroxylation is 6. The van der Waals surface area contributed by atoms with Crippen molar-refractivity contribution in [2.45, 2.75) is 32.1 Å². The van der Waals surface area contributed by atoms with Crippen molar-refractivity contribution in [3.8, 4) is 0 Å². The number of nitrogens with two attached hydrogens (primary N) is 1. The highest BCUT2D eigenvalue weighted by molar-refractivity contribution is 6.09. The first-order valence-electron chi connectivity index (χ1n) is 23.4. The predicted octanol–water partition coefficient (Wildman–Crippen LogP) is 3.23. The van der Waals surface area contributed by atoms with E-state index in [1.54, 1.807) is 119 Å². The van der Waals surface area contributed by atoms with E-state index in [4.69, 9.17) is 5.73 Å². The summed E-state index contributed by atoms with van der Waals surface area (Å²) in [5.74, 6) is -3.07. The third-order valence-corrected chi connectivity index (χ3v) is 11.6. The van der Waals surface area contributed by atoms with Crippen molar-refractivity contribution in [2.24, 2.45) is 48.0 Å². The summed E-state index contributed by atoms with van der Waals surface area (Å²) in [7, 11) is 13.9. The molecule has 6 heterocycles. The van der Waals surface area contributed by atoms with Crippen molar-refractivity contribution < 1.29 is 38.4 Å². The third kappa shape index (κ3) is 14.3. The second-order valence-electron chi connectivity index (χ2n) is 17.9. The quantitative estimate of drug-likeness (QED) is 0.0423. The van der Waals surface area contributed by atoms with E-state index in [1.165, 1.54) is 24.3 Å². The van der Waals surface area contributed by atoms with Gasteiger partial charge >= 0.3 is 0 Å². The second kappa shape index (κ2) is 24.0. The van der Waals surface area contributed by atoms with Gasteiger partial charge in [0.05, 0.1) is 34.1 Å². The number of hydrogen-bond donors (Lipinski definition) is 9. The lowest BCUT2D eigenvalue weighted by molar-refractivity contribution is -0.117. The van der Waals surface area contributed by atoms with Crippen LogP contribution >= 0.6 is 0 Å². The highest BCUT2D eigenvalue weighted by atomic mass is 16.2. The minimum atomic E-state index is -0.486. The second-order valence-corrected chi connectivity index (χ2v) is 17.9. The summed E-state index contributed by atoms with van der Waals surface area (Å²) < 4.78 is 9.44. The Morgan fingerprint density at radius 2 is 0.658 bits per heavy atom. The number of anilines is 6. The summed E-state index contributed by atoms with van der Waals surface area (Å²) in [6, 6.07) is 9.23. The van der Waals surface area contributed by atoms with Gasteiger partial charge < -0.3 is 80.6 Å². The number of carbonyl (C=O) groups excluding carboxylic acids is 8. The van der Waals surface area contributed by atoms with Crippen LogP contribution in [0.25, 0.3) is 0 Å². The molecule has 0 fully saturated rings. The van der Waals surface area contributed by atoms with E-state index in [9.17, 15) is 38.4 Å². The normalized spacial score (nSPS) is 11.0. The molecule has 24 heteroatoms. The maximum absolute atomic E-state index is 13.3. The molecule has 0 saturated heterocycles. The molecule has 0 bridgehead atoms. The molecule has 0 unspecified atom stereocenters. The van der Waals surface area contributed by atoms with Gasteiger partial charge in [0.2, 0.25) is 11.8 Å². The molecule has 73 heavy (non-hydrogen) atoms. The molecule has 0 aromatic carbocycles. The van der Waals surface area contributed by atoms with Gasteiger partial charge in [0.1, 0.15) is 34.2 Å². The van der Waals surface area contributed by atoms with Gasteiger partial charge in [-0.05, 0) is 82.8 Å². The highest BCUT2D eigenvalue weighted by Crippen LogP contribution is 2.22. The van der Waals surface area contributed by atoms with Crippen LogP contribution in [0.2, 0.25) is 0 Å². The molecule has 388 valence electrons. The van der Waals surface area contributed by atoms with Gasteiger partial charge in [-0.15, -0.1) is 0 Å². The lowest BCUT2D eigenvalue weighted by Gasteiger charge is -2.10. The Kier molecular flexibility index (Phi) is 17.6. The number of nitrogens with one attached hydrogen (secondary N) is 8. The summed E-state index contributed by atoms with van der Waals surface area (Å²) in [5, 5.41) is 22.4. The number of rotatable bonds is 23. The maximum atomic E-state index is 13.3. The predicted molar refractivity (Wildman–Crippen MR) is 277 cm³/mol. The van der Waals surface area contributed by atoms with Gasteiger partial charge in [-0.3, -0.25) is 38.4 Å². The Hall–Kier alpha value is -8.64. The van der Waals surface area contributed by atoms with Crippen LogP contribution in [0.15, 0.2) is 73.6 Å². The highest BCUT2D eigenvalue weighted by Gasteiger charge is 2.22. The van der Waals surface area contributed by atoms with Crippen LogP contribution in [0.5, 0.6) is 0 Å². The minimum absolute atomic E-state index is 0.0632. The first kappa shape index (κ1) is 53.7. The Balaban J connectivity index is 0.928. The molecule has 24 nitrogen and oxygen atoms in total. The topological polar surface area (TPSA) is 292 Å². The fraction of sp³-hybridized carbons (Fsp3) is 0.347. The molecule has 0 radical (unpaired) electrons. The monoisotopic (exact) mass is 1000 g/mol. The zero-order valence-corrected chi connectivity index (χ0v) is 42.3. The van der Waals surface area contributed by atoms with E-state index in [0.29, 0.717) is 65.7 Å². The zero-order chi connectivity index (χ0) is 53.1. The van der Waals surface area contributed by atoms with Gasteiger partial charge in [0.25, 0.3) is 35.4 Å². The Morgan fingerprint density at radius 3 is 0.945 bits per heavy atom. The van der Waals surface area contributed by atoms with Crippen LogP contribution in [0.1, 0.15) is 95.0 Å². The van der Waals surface area contributed by atoms with Crippen LogP contribution in [-0.4, -0.2) is 120 Å². The largest absolute Gasteiger partial charge is 0.351 e. The Morgan fingerprint density at radius 1 is 0.397 bits per heavy atom. The molecule has 0 aliphatic rings. The first-order valence-corrected chi connectivity index (χ1v) is 23.4. The molecule has 6 aromatic heterocycles. The summed E-state index contributed by atoms with van der Waals surface area (Å²) >= 11 is 0. The molecular weight excluding hydrogens is 941 g/mol. The molecular formula is C49H64N16O8. The van der Waals surface area contributed by atoms with E-state index < -0.39 is 29.5 Å². The number of amides is 8. The average Bonchev–Trinajstić information content (AvgIpc) is 4.19. The molecule has 0 atom stereocenters. The molecule has 0 aliphatic heterocycles. The van der Waals surface area contributed by atoms with Crippen molar-refractivity contribution >= 4 is 81.4 Å². The third-order valence-electron chi connectivity index (χ3n) is 11.6.